The molecular formula is C11H8FNO2. The van der Waals surface area contributed by atoms with Crippen LogP contribution in [0, 0.1) is 5.82 Å². The van der Waals surface area contributed by atoms with E-state index in [1.54, 1.807) is 23.7 Å². The van der Waals surface area contributed by atoms with Crippen molar-refractivity contribution in [2.45, 2.75) is 0 Å². The Bertz CT molecular complexity index is 525. The summed E-state index contributed by atoms with van der Waals surface area (Å²) in [7, 11) is 0. The van der Waals surface area contributed by atoms with Crippen molar-refractivity contribution < 1.29 is 14.4 Å². The predicted octanol–water partition coefficient (Wildman–Crippen LogP) is 2.10. The Labute approximate surface area is 85.1 Å². The molecule has 0 unspecified atom stereocenters. The van der Waals surface area contributed by atoms with Crippen molar-refractivity contribution >= 4 is 16.7 Å². The lowest BCUT2D eigenvalue weighted by molar-refractivity contribution is 0.0706. The molecule has 2 rings (SSSR count). The van der Waals surface area contributed by atoms with E-state index < -0.39 is 5.91 Å². The van der Waals surface area contributed by atoms with Crippen LogP contribution in [0.3, 0.4) is 0 Å². The summed E-state index contributed by atoms with van der Waals surface area (Å²) in [5.41, 5.74) is 1.87. The number of amides is 1. The Morgan fingerprint density at radius 2 is 1.80 bits per heavy atom. The van der Waals surface area contributed by atoms with Crippen LogP contribution in [0.5, 0.6) is 0 Å². The summed E-state index contributed by atoms with van der Waals surface area (Å²) < 4.78 is 12.8. The first-order chi connectivity index (χ1) is 7.20. The summed E-state index contributed by atoms with van der Waals surface area (Å²) in [6.45, 7) is 0. The second-order valence-electron chi connectivity index (χ2n) is 3.15. The second kappa shape index (κ2) is 3.67. The minimum atomic E-state index is -0.582. The van der Waals surface area contributed by atoms with Crippen molar-refractivity contribution in [2.75, 3.05) is 0 Å². The van der Waals surface area contributed by atoms with Crippen molar-refractivity contribution in [2.24, 2.45) is 0 Å². The lowest BCUT2D eigenvalue weighted by Gasteiger charge is -2.01. The van der Waals surface area contributed by atoms with Gasteiger partial charge < -0.3 is 0 Å². The van der Waals surface area contributed by atoms with Crippen molar-refractivity contribution in [3.05, 3.63) is 47.8 Å². The van der Waals surface area contributed by atoms with E-state index in [0.29, 0.717) is 10.9 Å². The van der Waals surface area contributed by atoms with Gasteiger partial charge in [0.2, 0.25) is 0 Å². The molecule has 3 nitrogen and oxygen atoms in total. The molecule has 0 spiro atoms. The number of hydrogen-bond donors (Lipinski definition) is 2. The lowest BCUT2D eigenvalue weighted by Crippen LogP contribution is -2.18. The molecule has 15 heavy (non-hydrogen) atoms. The van der Waals surface area contributed by atoms with Gasteiger partial charge in [0.1, 0.15) is 5.82 Å². The van der Waals surface area contributed by atoms with Crippen LogP contribution >= 0.6 is 0 Å². The monoisotopic (exact) mass is 205 g/mol. The third-order valence-corrected chi connectivity index (χ3v) is 2.17. The van der Waals surface area contributed by atoms with Gasteiger partial charge in [-0.1, -0.05) is 12.1 Å². The molecule has 4 heteroatoms. The molecular weight excluding hydrogens is 197 g/mol. The first-order valence-corrected chi connectivity index (χ1v) is 4.34. The first-order valence-electron chi connectivity index (χ1n) is 4.34. The van der Waals surface area contributed by atoms with Crippen LogP contribution in [0.4, 0.5) is 4.39 Å². The van der Waals surface area contributed by atoms with Crippen LogP contribution in [0.2, 0.25) is 0 Å². The van der Waals surface area contributed by atoms with E-state index in [1.807, 2.05) is 0 Å². The Hall–Kier alpha value is -1.94. The number of hydroxylamine groups is 1. The summed E-state index contributed by atoms with van der Waals surface area (Å²) in [5, 5.41) is 9.91. The highest BCUT2D eigenvalue weighted by Gasteiger charge is 2.04. The highest BCUT2D eigenvalue weighted by atomic mass is 19.1. The smallest absolute Gasteiger partial charge is 0.274 e. The van der Waals surface area contributed by atoms with Gasteiger partial charge in [0.25, 0.3) is 5.91 Å². The van der Waals surface area contributed by atoms with E-state index in [1.165, 1.54) is 18.2 Å². The lowest BCUT2D eigenvalue weighted by atomic mass is 10.1. The van der Waals surface area contributed by atoms with Gasteiger partial charge in [-0.3, -0.25) is 10.0 Å². The highest BCUT2D eigenvalue weighted by Crippen LogP contribution is 2.17. The number of rotatable bonds is 1. The van der Waals surface area contributed by atoms with Gasteiger partial charge in [0.15, 0.2) is 0 Å². The Balaban J connectivity index is 2.57. The fourth-order valence-electron chi connectivity index (χ4n) is 1.42. The Kier molecular flexibility index (Phi) is 2.35. The van der Waals surface area contributed by atoms with E-state index in [-0.39, 0.29) is 5.82 Å². The van der Waals surface area contributed by atoms with Crippen LogP contribution in [-0.4, -0.2) is 11.1 Å². The summed E-state index contributed by atoms with van der Waals surface area (Å²) in [6.07, 6.45) is 0. The number of carbonyl (C=O) groups is 1. The molecule has 0 fully saturated rings. The maximum absolute atomic E-state index is 12.8. The molecule has 0 radical (unpaired) electrons. The fourth-order valence-corrected chi connectivity index (χ4v) is 1.42. The van der Waals surface area contributed by atoms with Gasteiger partial charge in [0, 0.05) is 5.56 Å². The van der Waals surface area contributed by atoms with Gasteiger partial charge >= 0.3 is 0 Å². The number of fused-ring (bicyclic) bond motifs is 1. The molecule has 2 aromatic rings. The summed E-state index contributed by atoms with van der Waals surface area (Å²) in [4.78, 5) is 11.1. The average molecular weight is 205 g/mol. The summed E-state index contributed by atoms with van der Waals surface area (Å²) in [5.74, 6) is -0.900. The second-order valence-corrected chi connectivity index (χ2v) is 3.15. The van der Waals surface area contributed by atoms with E-state index in [2.05, 4.69) is 0 Å². The summed E-state index contributed by atoms with van der Waals surface area (Å²) >= 11 is 0. The molecule has 0 saturated carbocycles. The molecule has 0 bridgehead atoms. The molecule has 2 aromatic carbocycles. The zero-order valence-electron chi connectivity index (χ0n) is 7.70. The summed E-state index contributed by atoms with van der Waals surface area (Å²) in [6, 6.07) is 9.02. The fraction of sp³-hybridized carbons (Fsp3) is 0. The molecule has 2 N–H and O–H groups in total. The molecule has 0 aliphatic carbocycles. The largest absolute Gasteiger partial charge is 0.288 e. The van der Waals surface area contributed by atoms with Gasteiger partial charge in [-0.2, -0.15) is 0 Å². The van der Waals surface area contributed by atoms with E-state index in [9.17, 15) is 9.18 Å². The molecule has 0 atom stereocenters. The number of halogens is 1. The Morgan fingerprint density at radius 3 is 2.53 bits per heavy atom. The van der Waals surface area contributed by atoms with E-state index >= 15 is 0 Å². The molecule has 0 heterocycles. The number of carbonyl (C=O) groups excluding carboxylic acids is 1. The molecule has 0 saturated heterocycles. The van der Waals surface area contributed by atoms with Gasteiger partial charge in [-0.05, 0) is 35.0 Å². The number of hydrogen-bond acceptors (Lipinski definition) is 2. The first kappa shape index (κ1) is 9.61. The molecule has 0 aromatic heterocycles. The standard InChI is InChI=1S/C11H8FNO2/c12-10-4-3-7-5-9(11(14)13-15)2-1-8(7)6-10/h1-6,15H,(H,13,14). The molecule has 0 aliphatic heterocycles. The number of nitrogens with one attached hydrogen (secondary N) is 1. The predicted molar refractivity (Wildman–Crippen MR) is 53.2 cm³/mol. The van der Waals surface area contributed by atoms with Crippen LogP contribution in [-0.2, 0) is 0 Å². The normalized spacial score (nSPS) is 10.3. The Morgan fingerprint density at radius 1 is 1.13 bits per heavy atom. The van der Waals surface area contributed by atoms with Crippen LogP contribution < -0.4 is 5.48 Å². The van der Waals surface area contributed by atoms with Crippen molar-refractivity contribution in [3.63, 3.8) is 0 Å². The molecule has 0 aliphatic rings. The van der Waals surface area contributed by atoms with Crippen LogP contribution in [0.15, 0.2) is 36.4 Å². The SMILES string of the molecule is O=C(NO)c1ccc2cc(F)ccc2c1. The average Bonchev–Trinajstić information content (AvgIpc) is 2.27. The van der Waals surface area contributed by atoms with Gasteiger partial charge in [-0.25, -0.2) is 9.87 Å². The van der Waals surface area contributed by atoms with Crippen LogP contribution in [0.1, 0.15) is 10.4 Å². The zero-order chi connectivity index (χ0) is 10.8. The third-order valence-electron chi connectivity index (χ3n) is 2.17. The van der Waals surface area contributed by atoms with Gasteiger partial charge in [0.05, 0.1) is 0 Å². The minimum Gasteiger partial charge on any atom is -0.288 e. The minimum absolute atomic E-state index is 0.318. The topological polar surface area (TPSA) is 49.3 Å². The van der Waals surface area contributed by atoms with E-state index in [4.69, 9.17) is 5.21 Å². The maximum atomic E-state index is 12.8. The van der Waals surface area contributed by atoms with Crippen molar-refractivity contribution in [1.29, 1.82) is 0 Å². The molecule has 76 valence electrons. The van der Waals surface area contributed by atoms with Gasteiger partial charge in [-0.15, -0.1) is 0 Å². The van der Waals surface area contributed by atoms with Crippen molar-refractivity contribution in [3.8, 4) is 0 Å². The van der Waals surface area contributed by atoms with Crippen LogP contribution in [0.25, 0.3) is 10.8 Å². The third kappa shape index (κ3) is 1.80. The molecule has 1 amide bonds. The maximum Gasteiger partial charge on any atom is 0.274 e. The van der Waals surface area contributed by atoms with Crippen molar-refractivity contribution in [1.82, 2.24) is 5.48 Å². The number of benzene rings is 2. The van der Waals surface area contributed by atoms with E-state index in [0.717, 1.165) is 5.39 Å². The quantitative estimate of drug-likeness (QED) is 0.553. The zero-order valence-corrected chi connectivity index (χ0v) is 7.70. The highest BCUT2D eigenvalue weighted by molar-refractivity contribution is 5.97.